The molecule has 4 rings (SSSR count). The van der Waals surface area contributed by atoms with Gasteiger partial charge in [-0.3, -0.25) is 0 Å². The molecule has 0 radical (unpaired) electrons. The van der Waals surface area contributed by atoms with Crippen LogP contribution >= 0.6 is 0 Å². The van der Waals surface area contributed by atoms with Crippen molar-refractivity contribution in [3.05, 3.63) is 84.6 Å². The van der Waals surface area contributed by atoms with Crippen LogP contribution in [0.3, 0.4) is 0 Å². The molecule has 0 bridgehead atoms. The molecule has 0 aliphatic heterocycles. The van der Waals surface area contributed by atoms with Gasteiger partial charge in [0, 0.05) is 22.8 Å². The lowest BCUT2D eigenvalue weighted by atomic mass is 10.0. The standard InChI is InChI=1S/C21H14F2N2O/c22-14-3-1-13(2-4-14)20-12-25-21(19-11-15(23)5-10-18(19)20)26-17-8-6-16(24)7-9-17/h1-12H,24H2. The van der Waals surface area contributed by atoms with Gasteiger partial charge in [0.15, 0.2) is 0 Å². The predicted octanol–water partition coefficient (Wildman–Crippen LogP) is 5.55. The Balaban J connectivity index is 1.85. The zero-order chi connectivity index (χ0) is 18.1. The maximum absolute atomic E-state index is 13.8. The van der Waals surface area contributed by atoms with Crippen molar-refractivity contribution >= 4 is 16.5 Å². The van der Waals surface area contributed by atoms with E-state index < -0.39 is 5.82 Å². The number of nitrogens with zero attached hydrogens (tertiary/aromatic N) is 1. The Kier molecular flexibility index (Phi) is 3.97. The number of anilines is 1. The maximum Gasteiger partial charge on any atom is 0.227 e. The predicted molar refractivity (Wildman–Crippen MR) is 98.0 cm³/mol. The van der Waals surface area contributed by atoms with E-state index >= 15 is 0 Å². The number of pyridine rings is 1. The Morgan fingerprint density at radius 1 is 0.769 bits per heavy atom. The van der Waals surface area contributed by atoms with Gasteiger partial charge in [0.25, 0.3) is 0 Å². The van der Waals surface area contributed by atoms with Crippen LogP contribution in [0.2, 0.25) is 0 Å². The molecular weight excluding hydrogens is 334 g/mol. The molecule has 1 heterocycles. The van der Waals surface area contributed by atoms with E-state index in [2.05, 4.69) is 4.98 Å². The number of aromatic nitrogens is 1. The summed E-state index contributed by atoms with van der Waals surface area (Å²) in [5, 5.41) is 1.29. The summed E-state index contributed by atoms with van der Waals surface area (Å²) in [6, 6.07) is 17.4. The van der Waals surface area contributed by atoms with Crippen LogP contribution in [0, 0.1) is 11.6 Å². The van der Waals surface area contributed by atoms with E-state index in [1.165, 1.54) is 24.3 Å². The highest BCUT2D eigenvalue weighted by Gasteiger charge is 2.12. The second-order valence-corrected chi connectivity index (χ2v) is 5.84. The summed E-state index contributed by atoms with van der Waals surface area (Å²) in [6.45, 7) is 0. The number of hydrogen-bond donors (Lipinski definition) is 1. The molecule has 4 aromatic rings. The first kappa shape index (κ1) is 16.0. The minimum Gasteiger partial charge on any atom is -0.438 e. The van der Waals surface area contributed by atoms with Crippen molar-refractivity contribution in [1.82, 2.24) is 4.98 Å². The molecule has 2 N–H and O–H groups in total. The van der Waals surface area contributed by atoms with E-state index in [4.69, 9.17) is 10.5 Å². The topological polar surface area (TPSA) is 48.1 Å². The van der Waals surface area contributed by atoms with Crippen molar-refractivity contribution in [2.24, 2.45) is 0 Å². The van der Waals surface area contributed by atoms with E-state index in [9.17, 15) is 8.78 Å². The molecule has 0 saturated heterocycles. The zero-order valence-electron chi connectivity index (χ0n) is 13.6. The van der Waals surface area contributed by atoms with E-state index in [1.54, 1.807) is 48.7 Å². The highest BCUT2D eigenvalue weighted by Crippen LogP contribution is 2.35. The SMILES string of the molecule is Nc1ccc(Oc2ncc(-c3ccc(F)cc3)c3ccc(F)cc23)cc1. The first-order chi connectivity index (χ1) is 12.6. The number of fused-ring (bicyclic) bond motifs is 1. The molecule has 0 fully saturated rings. The number of ether oxygens (including phenoxy) is 1. The molecule has 0 unspecified atom stereocenters. The number of hydrogen-bond acceptors (Lipinski definition) is 3. The summed E-state index contributed by atoms with van der Waals surface area (Å²) in [4.78, 5) is 4.35. The Morgan fingerprint density at radius 2 is 1.46 bits per heavy atom. The first-order valence-corrected chi connectivity index (χ1v) is 7.98. The fraction of sp³-hybridized carbons (Fsp3) is 0. The van der Waals surface area contributed by atoms with E-state index in [1.807, 2.05) is 0 Å². The monoisotopic (exact) mass is 348 g/mol. The fourth-order valence-corrected chi connectivity index (χ4v) is 2.78. The second-order valence-electron chi connectivity index (χ2n) is 5.84. The van der Waals surface area contributed by atoms with Crippen LogP contribution < -0.4 is 10.5 Å². The van der Waals surface area contributed by atoms with Gasteiger partial charge in [0.05, 0.1) is 0 Å². The Bertz CT molecular complexity index is 1080. The molecule has 3 aromatic carbocycles. The Morgan fingerprint density at radius 3 is 2.19 bits per heavy atom. The maximum atomic E-state index is 13.8. The molecule has 1 aromatic heterocycles. The van der Waals surface area contributed by atoms with Gasteiger partial charge in [-0.15, -0.1) is 0 Å². The van der Waals surface area contributed by atoms with Gasteiger partial charge in [0.2, 0.25) is 5.88 Å². The van der Waals surface area contributed by atoms with Crippen LogP contribution in [0.25, 0.3) is 21.9 Å². The van der Waals surface area contributed by atoms with Gasteiger partial charge in [-0.2, -0.15) is 0 Å². The molecule has 0 aliphatic rings. The van der Waals surface area contributed by atoms with Gasteiger partial charge in [-0.05, 0) is 59.5 Å². The normalized spacial score (nSPS) is 10.8. The average Bonchev–Trinajstić information content (AvgIpc) is 2.65. The molecule has 128 valence electrons. The van der Waals surface area contributed by atoms with Crippen molar-refractivity contribution in [2.45, 2.75) is 0 Å². The lowest BCUT2D eigenvalue weighted by molar-refractivity contribution is 0.469. The summed E-state index contributed by atoms with van der Waals surface area (Å²) in [7, 11) is 0. The highest BCUT2D eigenvalue weighted by atomic mass is 19.1. The fourth-order valence-electron chi connectivity index (χ4n) is 2.78. The van der Waals surface area contributed by atoms with Crippen LogP contribution in [-0.4, -0.2) is 4.98 Å². The lowest BCUT2D eigenvalue weighted by Gasteiger charge is -2.12. The molecular formula is C21H14F2N2O. The van der Waals surface area contributed by atoms with Crippen LogP contribution in [0.1, 0.15) is 0 Å². The summed E-state index contributed by atoms with van der Waals surface area (Å²) >= 11 is 0. The molecule has 0 aliphatic carbocycles. The first-order valence-electron chi connectivity index (χ1n) is 7.98. The summed E-state index contributed by atoms with van der Waals surface area (Å²) in [5.74, 6) is 0.125. The van der Waals surface area contributed by atoms with Gasteiger partial charge >= 0.3 is 0 Å². The zero-order valence-corrected chi connectivity index (χ0v) is 13.6. The van der Waals surface area contributed by atoms with Crippen molar-refractivity contribution in [3.8, 4) is 22.8 Å². The molecule has 0 saturated carbocycles. The average molecular weight is 348 g/mol. The summed E-state index contributed by atoms with van der Waals surface area (Å²) < 4.78 is 32.9. The van der Waals surface area contributed by atoms with Crippen LogP contribution in [-0.2, 0) is 0 Å². The van der Waals surface area contributed by atoms with Crippen molar-refractivity contribution in [1.29, 1.82) is 0 Å². The molecule has 26 heavy (non-hydrogen) atoms. The summed E-state index contributed by atoms with van der Waals surface area (Å²) in [6.07, 6.45) is 1.64. The van der Waals surface area contributed by atoms with Crippen molar-refractivity contribution < 1.29 is 13.5 Å². The largest absolute Gasteiger partial charge is 0.438 e. The van der Waals surface area contributed by atoms with E-state index in [0.29, 0.717) is 16.8 Å². The van der Waals surface area contributed by atoms with Gasteiger partial charge in [0.1, 0.15) is 17.4 Å². The van der Waals surface area contributed by atoms with Crippen LogP contribution in [0.5, 0.6) is 11.6 Å². The molecule has 0 amide bonds. The van der Waals surface area contributed by atoms with Crippen LogP contribution in [0.4, 0.5) is 14.5 Å². The van der Waals surface area contributed by atoms with Gasteiger partial charge in [-0.25, -0.2) is 13.8 Å². The molecule has 0 atom stereocenters. The third-order valence-corrected chi connectivity index (χ3v) is 4.06. The smallest absolute Gasteiger partial charge is 0.227 e. The van der Waals surface area contributed by atoms with Crippen molar-refractivity contribution in [3.63, 3.8) is 0 Å². The molecule has 3 nitrogen and oxygen atoms in total. The quantitative estimate of drug-likeness (QED) is 0.494. The van der Waals surface area contributed by atoms with Crippen molar-refractivity contribution in [2.75, 3.05) is 5.73 Å². The third-order valence-electron chi connectivity index (χ3n) is 4.06. The minimum absolute atomic E-state index is 0.287. The number of benzene rings is 3. The minimum atomic E-state index is -0.391. The van der Waals surface area contributed by atoms with E-state index in [0.717, 1.165) is 16.5 Å². The molecule has 0 spiro atoms. The summed E-state index contributed by atoms with van der Waals surface area (Å²) in [5.41, 5.74) is 7.85. The van der Waals surface area contributed by atoms with Gasteiger partial charge < -0.3 is 10.5 Å². The Labute approximate surface area is 148 Å². The van der Waals surface area contributed by atoms with Gasteiger partial charge in [-0.1, -0.05) is 18.2 Å². The number of nitrogens with two attached hydrogens (primary N) is 1. The second kappa shape index (κ2) is 6.44. The number of nitrogen functional groups attached to an aromatic ring is 1. The third kappa shape index (κ3) is 3.07. The van der Waals surface area contributed by atoms with E-state index in [-0.39, 0.29) is 11.7 Å². The lowest BCUT2D eigenvalue weighted by Crippen LogP contribution is -1.93. The Hall–Kier alpha value is -3.47. The molecule has 5 heteroatoms. The van der Waals surface area contributed by atoms with Crippen LogP contribution in [0.15, 0.2) is 72.9 Å². The highest BCUT2D eigenvalue weighted by molar-refractivity contribution is 5.98. The number of rotatable bonds is 3. The number of halogens is 2.